The minimum absolute atomic E-state index is 0.0120. The van der Waals surface area contributed by atoms with Gasteiger partial charge in [-0.05, 0) is 26.3 Å². The van der Waals surface area contributed by atoms with Gasteiger partial charge in [-0.1, -0.05) is 6.42 Å². The number of thioether (sulfide) groups is 1. The van der Waals surface area contributed by atoms with Crippen molar-refractivity contribution in [1.82, 2.24) is 4.90 Å². The van der Waals surface area contributed by atoms with Gasteiger partial charge >= 0.3 is 0 Å². The lowest BCUT2D eigenvalue weighted by Gasteiger charge is -2.35. The highest BCUT2D eigenvalue weighted by molar-refractivity contribution is 7.99. The van der Waals surface area contributed by atoms with Crippen molar-refractivity contribution in [3.05, 3.63) is 0 Å². The Morgan fingerprint density at radius 2 is 2.05 bits per heavy atom. The molecule has 3 unspecified atom stereocenters. The van der Waals surface area contributed by atoms with Crippen molar-refractivity contribution >= 4 is 27.4 Å². The number of nitrogens with zero attached hydrogens (tertiary/aromatic N) is 1. The Labute approximate surface area is 120 Å². The molecule has 4 nitrogen and oxygen atoms in total. The van der Waals surface area contributed by atoms with E-state index in [0.717, 1.165) is 37.3 Å². The normalized spacial score (nSPS) is 34.1. The van der Waals surface area contributed by atoms with Crippen molar-refractivity contribution in [2.75, 3.05) is 31.4 Å². The van der Waals surface area contributed by atoms with Gasteiger partial charge < -0.3 is 0 Å². The maximum absolute atomic E-state index is 12.6. The molecule has 19 heavy (non-hydrogen) atoms. The molecule has 0 aromatic rings. The smallest absolute Gasteiger partial charge is 0.153 e. The molecule has 1 saturated heterocycles. The molecule has 3 atom stereocenters. The number of rotatable bonds is 3. The lowest BCUT2D eigenvalue weighted by Crippen LogP contribution is -2.48. The summed E-state index contributed by atoms with van der Waals surface area (Å²) in [6.45, 7) is 0.948. The average molecular weight is 305 g/mol. The fourth-order valence-corrected chi connectivity index (χ4v) is 5.45. The van der Waals surface area contributed by atoms with E-state index >= 15 is 0 Å². The van der Waals surface area contributed by atoms with E-state index < -0.39 is 9.84 Å². The molecule has 2 aliphatic rings. The summed E-state index contributed by atoms with van der Waals surface area (Å²) in [6.07, 6.45) is 4.27. The van der Waals surface area contributed by atoms with Gasteiger partial charge in [0, 0.05) is 30.2 Å². The van der Waals surface area contributed by atoms with Gasteiger partial charge in [0.25, 0.3) is 0 Å². The summed E-state index contributed by atoms with van der Waals surface area (Å²) in [5, 5.41) is -0.309. The van der Waals surface area contributed by atoms with E-state index in [9.17, 15) is 13.2 Å². The molecule has 0 N–H and O–H groups in total. The number of ketones is 1. The topological polar surface area (TPSA) is 54.5 Å². The molecule has 0 radical (unpaired) electrons. The second-order valence-electron chi connectivity index (χ2n) is 5.79. The third-order valence-electron chi connectivity index (χ3n) is 4.36. The number of Topliss-reactive ketones (excluding diaryl/α,β-unsaturated/α-hetero) is 1. The van der Waals surface area contributed by atoms with Crippen LogP contribution < -0.4 is 0 Å². The first kappa shape index (κ1) is 15.3. The van der Waals surface area contributed by atoms with Gasteiger partial charge in [0.2, 0.25) is 0 Å². The molecular formula is C13H23NO3S2. The Balaban J connectivity index is 2.02. The van der Waals surface area contributed by atoms with Crippen LogP contribution in [0.5, 0.6) is 0 Å². The third-order valence-corrected chi connectivity index (χ3v) is 7.02. The monoisotopic (exact) mass is 305 g/mol. The summed E-state index contributed by atoms with van der Waals surface area (Å²) in [6, 6.07) is -0.0120. The molecule has 0 aromatic heterocycles. The zero-order chi connectivity index (χ0) is 14.0. The number of sulfone groups is 1. The molecule has 2 fully saturated rings. The first-order valence-electron chi connectivity index (χ1n) is 6.90. The molecule has 110 valence electrons. The van der Waals surface area contributed by atoms with E-state index in [1.807, 2.05) is 18.8 Å². The SMILES string of the molecule is CN1CCSCC1C(=O)C1CCCC(S(C)(=O)=O)C1. The molecule has 2 rings (SSSR count). The summed E-state index contributed by atoms with van der Waals surface area (Å²) >= 11 is 1.82. The highest BCUT2D eigenvalue weighted by Gasteiger charge is 2.37. The maximum Gasteiger partial charge on any atom is 0.153 e. The van der Waals surface area contributed by atoms with Crippen molar-refractivity contribution in [3.8, 4) is 0 Å². The number of hydrogen-bond donors (Lipinski definition) is 0. The van der Waals surface area contributed by atoms with Crippen molar-refractivity contribution in [1.29, 1.82) is 0 Å². The van der Waals surface area contributed by atoms with Gasteiger partial charge in [0.15, 0.2) is 5.78 Å². The van der Waals surface area contributed by atoms with Crippen molar-refractivity contribution in [3.63, 3.8) is 0 Å². The van der Waals surface area contributed by atoms with Gasteiger partial charge in [-0.2, -0.15) is 11.8 Å². The number of carbonyl (C=O) groups excluding carboxylic acids is 1. The van der Waals surface area contributed by atoms with E-state index in [2.05, 4.69) is 4.90 Å². The number of carbonyl (C=O) groups is 1. The lowest BCUT2D eigenvalue weighted by molar-refractivity contribution is -0.128. The van der Waals surface area contributed by atoms with Crippen molar-refractivity contribution in [2.45, 2.75) is 37.0 Å². The minimum Gasteiger partial charge on any atom is -0.298 e. The van der Waals surface area contributed by atoms with Gasteiger partial charge in [0.05, 0.1) is 11.3 Å². The second kappa shape index (κ2) is 6.14. The fourth-order valence-electron chi connectivity index (χ4n) is 3.05. The van der Waals surface area contributed by atoms with Crippen LogP contribution in [0.15, 0.2) is 0 Å². The van der Waals surface area contributed by atoms with Crippen LogP contribution in [0, 0.1) is 5.92 Å². The standard InChI is InChI=1S/C13H23NO3S2/c1-14-6-7-18-9-12(14)13(15)10-4-3-5-11(8-10)19(2,16)17/h10-12H,3-9H2,1-2H3. The average Bonchev–Trinajstić information content (AvgIpc) is 2.38. The van der Waals surface area contributed by atoms with Crippen LogP contribution in [0.25, 0.3) is 0 Å². The van der Waals surface area contributed by atoms with Crippen molar-refractivity contribution in [2.24, 2.45) is 5.92 Å². The fraction of sp³-hybridized carbons (Fsp3) is 0.923. The van der Waals surface area contributed by atoms with Crippen molar-refractivity contribution < 1.29 is 13.2 Å². The van der Waals surface area contributed by atoms with Crippen LogP contribution in [0.1, 0.15) is 25.7 Å². The molecule has 1 heterocycles. The third kappa shape index (κ3) is 3.73. The van der Waals surface area contributed by atoms with E-state index in [0.29, 0.717) is 6.42 Å². The zero-order valence-corrected chi connectivity index (χ0v) is 13.3. The van der Waals surface area contributed by atoms with E-state index in [1.54, 1.807) is 0 Å². The Morgan fingerprint density at radius 1 is 1.32 bits per heavy atom. The van der Waals surface area contributed by atoms with Gasteiger partial charge in [-0.15, -0.1) is 0 Å². The summed E-state index contributed by atoms with van der Waals surface area (Å²) in [7, 11) is -1.01. The predicted molar refractivity (Wildman–Crippen MR) is 79.3 cm³/mol. The largest absolute Gasteiger partial charge is 0.298 e. The first-order chi connectivity index (χ1) is 8.89. The number of likely N-dealkylation sites (N-methyl/N-ethyl adjacent to an activating group) is 1. The van der Waals surface area contributed by atoms with Crippen LogP contribution >= 0.6 is 11.8 Å². The lowest BCUT2D eigenvalue weighted by atomic mass is 9.83. The van der Waals surface area contributed by atoms with Crippen LogP contribution in [0.3, 0.4) is 0 Å². The molecule has 1 aliphatic heterocycles. The van der Waals surface area contributed by atoms with Gasteiger partial charge in [-0.3, -0.25) is 9.69 Å². The molecule has 1 saturated carbocycles. The molecular weight excluding hydrogens is 282 g/mol. The van der Waals surface area contributed by atoms with Gasteiger partial charge in [-0.25, -0.2) is 8.42 Å². The van der Waals surface area contributed by atoms with Crippen LogP contribution in [0.4, 0.5) is 0 Å². The van der Waals surface area contributed by atoms with Crippen LogP contribution in [-0.4, -0.2) is 61.7 Å². The summed E-state index contributed by atoms with van der Waals surface area (Å²) in [4.78, 5) is 14.7. The van der Waals surface area contributed by atoms with E-state index in [-0.39, 0.29) is 23.0 Å². The zero-order valence-electron chi connectivity index (χ0n) is 11.7. The van der Waals surface area contributed by atoms with Crippen LogP contribution in [-0.2, 0) is 14.6 Å². The molecule has 6 heteroatoms. The van der Waals surface area contributed by atoms with Crippen LogP contribution in [0.2, 0.25) is 0 Å². The summed E-state index contributed by atoms with van der Waals surface area (Å²) in [5.74, 6) is 2.15. The minimum atomic E-state index is -3.01. The maximum atomic E-state index is 12.6. The molecule has 0 spiro atoms. The second-order valence-corrected chi connectivity index (χ2v) is 9.26. The Morgan fingerprint density at radius 3 is 2.68 bits per heavy atom. The Bertz CT molecular complexity index is 435. The van der Waals surface area contributed by atoms with E-state index in [1.165, 1.54) is 6.26 Å². The summed E-state index contributed by atoms with van der Waals surface area (Å²) < 4.78 is 23.3. The van der Waals surface area contributed by atoms with Gasteiger partial charge in [0.1, 0.15) is 9.84 Å². The Kier molecular flexibility index (Phi) is 4.95. The van der Waals surface area contributed by atoms with E-state index in [4.69, 9.17) is 0 Å². The highest BCUT2D eigenvalue weighted by Crippen LogP contribution is 2.31. The Hall–Kier alpha value is -0.0700. The predicted octanol–water partition coefficient (Wildman–Crippen LogP) is 1.21. The summed E-state index contributed by atoms with van der Waals surface area (Å²) in [5.41, 5.74) is 0. The molecule has 1 aliphatic carbocycles. The molecule has 0 amide bonds. The molecule has 0 aromatic carbocycles. The quantitative estimate of drug-likeness (QED) is 0.784. The number of hydrogen-bond acceptors (Lipinski definition) is 5. The highest BCUT2D eigenvalue weighted by atomic mass is 32.2. The molecule has 0 bridgehead atoms. The first-order valence-corrected chi connectivity index (χ1v) is 10.0.